The predicted octanol–water partition coefficient (Wildman–Crippen LogP) is 2.93. The van der Waals surface area contributed by atoms with Gasteiger partial charge in [-0.25, -0.2) is 0 Å². The van der Waals surface area contributed by atoms with Crippen molar-refractivity contribution in [1.29, 1.82) is 0 Å². The quantitative estimate of drug-likeness (QED) is 0.417. The first-order chi connectivity index (χ1) is 18.8. The molecule has 0 saturated carbocycles. The number of pyridine rings is 1. The molecule has 5 rings (SSSR count). The minimum Gasteiger partial charge on any atom is -0.504 e. The van der Waals surface area contributed by atoms with Crippen LogP contribution < -0.4 is 15.7 Å². The summed E-state index contributed by atoms with van der Waals surface area (Å²) in [4.78, 5) is 39.8. The Balaban J connectivity index is 1.47. The molecule has 0 unspecified atom stereocenters. The van der Waals surface area contributed by atoms with E-state index in [0.717, 1.165) is 18.7 Å². The lowest BCUT2D eigenvalue weighted by molar-refractivity contribution is -0.140. The molecular formula is C29H32N2O8. The molecule has 206 valence electrons. The van der Waals surface area contributed by atoms with E-state index in [0.29, 0.717) is 43.5 Å². The Morgan fingerprint density at radius 2 is 1.95 bits per heavy atom. The van der Waals surface area contributed by atoms with E-state index in [1.807, 2.05) is 10.6 Å². The van der Waals surface area contributed by atoms with E-state index in [9.17, 15) is 24.6 Å². The summed E-state index contributed by atoms with van der Waals surface area (Å²) in [5, 5.41) is 20.9. The highest BCUT2D eigenvalue weighted by Gasteiger charge is 2.35. The molecule has 0 amide bonds. The van der Waals surface area contributed by atoms with E-state index < -0.39 is 23.1 Å². The highest BCUT2D eigenvalue weighted by Crippen LogP contribution is 2.39. The van der Waals surface area contributed by atoms with Crippen LogP contribution in [0.5, 0.6) is 17.2 Å². The fourth-order valence-electron chi connectivity index (χ4n) is 5.84. The van der Waals surface area contributed by atoms with Gasteiger partial charge in [-0.1, -0.05) is 12.1 Å². The van der Waals surface area contributed by atoms with Crippen molar-refractivity contribution in [3.05, 3.63) is 85.8 Å². The number of aromatic nitrogens is 1. The molecule has 0 spiro atoms. The number of benzene rings is 1. The van der Waals surface area contributed by atoms with Gasteiger partial charge in [-0.2, -0.15) is 0 Å². The van der Waals surface area contributed by atoms with Crippen molar-refractivity contribution in [1.82, 2.24) is 9.47 Å². The van der Waals surface area contributed by atoms with Crippen LogP contribution in [-0.4, -0.2) is 52.5 Å². The zero-order valence-corrected chi connectivity index (χ0v) is 22.0. The molecule has 10 nitrogen and oxygen atoms in total. The SMILES string of the molecule is CCOc1cc([C@H](CC(=O)OC)c2oc(CN3C[C@@H]4C[C@H](C3)c3cccc(=O)n3C4)cc(=O)c2O)ccc1O. The Bertz CT molecular complexity index is 1490. The number of nitrogens with zero attached hydrogens (tertiary/aromatic N) is 2. The standard InChI is InChI=1S/C29H32N2O8/c1-3-38-25-10-18(7-8-23(25)32)21(12-27(35)37-2)29-28(36)24(33)11-20(39-29)16-30-13-17-9-19(15-30)22-5-4-6-26(34)31(22)14-17/h4-8,10-11,17,19,21,32,36H,3,9,12-16H2,1-2H3/t17-,19+,21-/m0/s1. The summed E-state index contributed by atoms with van der Waals surface area (Å²) in [5.74, 6) is -1.07. The third-order valence-corrected chi connectivity index (χ3v) is 7.54. The number of hydrogen-bond acceptors (Lipinski definition) is 9. The maximum Gasteiger partial charge on any atom is 0.306 e. The van der Waals surface area contributed by atoms with Crippen LogP contribution >= 0.6 is 0 Å². The molecule has 10 heteroatoms. The molecule has 1 aromatic carbocycles. The van der Waals surface area contributed by atoms with Gasteiger partial charge in [-0.15, -0.1) is 0 Å². The molecule has 4 heterocycles. The molecule has 2 N–H and O–H groups in total. The molecule has 2 bridgehead atoms. The summed E-state index contributed by atoms with van der Waals surface area (Å²) in [6, 6.07) is 11.2. The zero-order valence-electron chi connectivity index (χ0n) is 22.0. The molecule has 3 aromatic rings. The van der Waals surface area contributed by atoms with Crippen LogP contribution in [0.15, 0.2) is 56.5 Å². The van der Waals surface area contributed by atoms with Crippen molar-refractivity contribution in [3.8, 4) is 17.2 Å². The number of fused-ring (bicyclic) bond motifs is 4. The molecule has 2 aliphatic rings. The Morgan fingerprint density at radius 1 is 1.13 bits per heavy atom. The fraction of sp³-hybridized carbons (Fsp3) is 0.414. The average molecular weight is 537 g/mol. The maximum absolute atomic E-state index is 12.9. The van der Waals surface area contributed by atoms with Crippen LogP contribution in [0.4, 0.5) is 0 Å². The Kier molecular flexibility index (Phi) is 7.47. The highest BCUT2D eigenvalue weighted by atomic mass is 16.5. The van der Waals surface area contributed by atoms with Crippen LogP contribution in [0, 0.1) is 5.92 Å². The van der Waals surface area contributed by atoms with E-state index in [1.165, 1.54) is 19.2 Å². The van der Waals surface area contributed by atoms with Gasteiger partial charge in [0.2, 0.25) is 11.2 Å². The van der Waals surface area contributed by atoms with E-state index in [4.69, 9.17) is 13.9 Å². The number of carbonyl (C=O) groups excluding carboxylic acids is 1. The average Bonchev–Trinajstić information content (AvgIpc) is 2.91. The summed E-state index contributed by atoms with van der Waals surface area (Å²) in [6.45, 7) is 4.50. The summed E-state index contributed by atoms with van der Waals surface area (Å²) < 4.78 is 18.4. The lowest BCUT2D eigenvalue weighted by Gasteiger charge is -2.42. The maximum atomic E-state index is 12.9. The van der Waals surface area contributed by atoms with E-state index in [1.54, 1.807) is 31.2 Å². The fourth-order valence-corrected chi connectivity index (χ4v) is 5.84. The molecule has 2 aliphatic heterocycles. The number of likely N-dealkylation sites (tertiary alicyclic amines) is 1. The lowest BCUT2D eigenvalue weighted by atomic mass is 9.83. The minimum absolute atomic E-state index is 0.0168. The van der Waals surface area contributed by atoms with Gasteiger partial charge in [0.05, 0.1) is 32.6 Å². The van der Waals surface area contributed by atoms with Gasteiger partial charge in [-0.3, -0.25) is 19.3 Å². The monoisotopic (exact) mass is 536 g/mol. The largest absolute Gasteiger partial charge is 0.504 e. The lowest BCUT2D eigenvalue weighted by Crippen LogP contribution is -2.46. The first-order valence-corrected chi connectivity index (χ1v) is 13.1. The molecule has 1 saturated heterocycles. The molecule has 39 heavy (non-hydrogen) atoms. The molecule has 0 radical (unpaired) electrons. The summed E-state index contributed by atoms with van der Waals surface area (Å²) >= 11 is 0. The number of esters is 1. The predicted molar refractivity (Wildman–Crippen MR) is 141 cm³/mol. The normalized spacial score (nSPS) is 19.2. The van der Waals surface area contributed by atoms with Crippen LogP contribution in [0.25, 0.3) is 0 Å². The van der Waals surface area contributed by atoms with Crippen molar-refractivity contribution in [2.24, 2.45) is 5.92 Å². The summed E-state index contributed by atoms with van der Waals surface area (Å²) in [7, 11) is 1.26. The number of piperidine rings is 1. The number of carbonyl (C=O) groups is 1. The van der Waals surface area contributed by atoms with Crippen molar-refractivity contribution in [2.75, 3.05) is 26.8 Å². The smallest absolute Gasteiger partial charge is 0.306 e. The van der Waals surface area contributed by atoms with Crippen LogP contribution in [0.1, 0.15) is 54.4 Å². The van der Waals surface area contributed by atoms with E-state index >= 15 is 0 Å². The molecular weight excluding hydrogens is 504 g/mol. The third kappa shape index (κ3) is 5.42. The number of ether oxygens (including phenoxy) is 2. The van der Waals surface area contributed by atoms with Gasteiger partial charge in [0.1, 0.15) is 5.76 Å². The topological polar surface area (TPSA) is 131 Å². The third-order valence-electron chi connectivity index (χ3n) is 7.54. The van der Waals surface area contributed by atoms with Gasteiger partial charge in [0.25, 0.3) is 5.56 Å². The molecule has 3 atom stereocenters. The number of phenols is 1. The molecule has 1 fully saturated rings. The zero-order chi connectivity index (χ0) is 27.7. The second-order valence-electron chi connectivity index (χ2n) is 10.2. The van der Waals surface area contributed by atoms with Crippen LogP contribution in [0.2, 0.25) is 0 Å². The Morgan fingerprint density at radius 3 is 2.72 bits per heavy atom. The number of methoxy groups -OCH3 is 1. The van der Waals surface area contributed by atoms with E-state index in [-0.39, 0.29) is 35.2 Å². The number of rotatable bonds is 8. The second kappa shape index (κ2) is 11.0. The van der Waals surface area contributed by atoms with Crippen molar-refractivity contribution >= 4 is 5.97 Å². The first kappa shape index (κ1) is 26.6. The first-order valence-electron chi connectivity index (χ1n) is 13.1. The molecule has 0 aliphatic carbocycles. The summed E-state index contributed by atoms with van der Waals surface area (Å²) in [5.41, 5.74) is 0.931. The Labute approximate surface area is 225 Å². The van der Waals surface area contributed by atoms with Crippen molar-refractivity contribution < 1.29 is 28.9 Å². The van der Waals surface area contributed by atoms with Gasteiger partial charge >= 0.3 is 5.97 Å². The minimum atomic E-state index is -0.857. The van der Waals surface area contributed by atoms with Gasteiger partial charge in [0.15, 0.2) is 17.3 Å². The van der Waals surface area contributed by atoms with Crippen LogP contribution in [0.3, 0.4) is 0 Å². The van der Waals surface area contributed by atoms with E-state index in [2.05, 4.69) is 4.90 Å². The molecule has 2 aromatic heterocycles. The van der Waals surface area contributed by atoms with Gasteiger partial charge < -0.3 is 28.7 Å². The second-order valence-corrected chi connectivity index (χ2v) is 10.2. The van der Waals surface area contributed by atoms with Crippen molar-refractivity contribution in [3.63, 3.8) is 0 Å². The van der Waals surface area contributed by atoms with Gasteiger partial charge in [0, 0.05) is 43.4 Å². The Hall–Kier alpha value is -4.05. The number of aromatic hydroxyl groups is 2. The van der Waals surface area contributed by atoms with Crippen LogP contribution in [-0.2, 0) is 22.6 Å². The van der Waals surface area contributed by atoms with Gasteiger partial charge in [-0.05, 0) is 43.0 Å². The van der Waals surface area contributed by atoms with Crippen molar-refractivity contribution in [2.45, 2.75) is 44.7 Å². The summed E-state index contributed by atoms with van der Waals surface area (Å²) in [6.07, 6.45) is 0.793. The number of hydrogen-bond donors (Lipinski definition) is 2. The number of phenolic OH excluding ortho intramolecular Hbond substituents is 1. The highest BCUT2D eigenvalue weighted by molar-refractivity contribution is 5.71.